The fraction of sp³-hybridized carbons (Fsp3) is 0.109. The first kappa shape index (κ1) is 35.8. The molecule has 1 aliphatic carbocycles. The van der Waals surface area contributed by atoms with Gasteiger partial charge in [0.2, 0.25) is 5.96 Å². The van der Waals surface area contributed by atoms with E-state index in [1.807, 2.05) is 0 Å². The molecule has 8 heteroatoms. The molecule has 0 bridgehead atoms. The molecule has 1 unspecified atom stereocenters. The minimum absolute atomic E-state index is 0.241. The first-order valence-corrected chi connectivity index (χ1v) is 21.8. The highest BCUT2D eigenvalue weighted by molar-refractivity contribution is 6.24. The van der Waals surface area contributed by atoms with E-state index in [0.717, 1.165) is 52.6 Å². The monoisotopic (exact) mass is 814 g/mol. The van der Waals surface area contributed by atoms with Crippen LogP contribution in [0.5, 0.6) is 0 Å². The number of hydrogen-bond acceptors (Lipinski definition) is 4. The zero-order valence-corrected chi connectivity index (χ0v) is 35.0. The van der Waals surface area contributed by atoms with Crippen molar-refractivity contribution in [2.75, 3.05) is 13.6 Å². The van der Waals surface area contributed by atoms with Crippen LogP contribution in [0.2, 0.25) is 0 Å². The average molecular weight is 815 g/mol. The Morgan fingerprint density at radius 1 is 0.524 bits per heavy atom. The molecule has 63 heavy (non-hydrogen) atoms. The summed E-state index contributed by atoms with van der Waals surface area (Å²) in [6.45, 7) is 2.44. The van der Waals surface area contributed by atoms with Crippen LogP contribution in [0.3, 0.4) is 0 Å². The number of rotatable bonds is 2. The van der Waals surface area contributed by atoms with E-state index >= 15 is 0 Å². The summed E-state index contributed by atoms with van der Waals surface area (Å²) in [4.78, 5) is 18.1. The van der Waals surface area contributed by atoms with Crippen LogP contribution in [0.25, 0.3) is 93.8 Å². The second-order valence-electron chi connectivity index (χ2n) is 16.8. The van der Waals surface area contributed by atoms with Gasteiger partial charge in [-0.3, -0.25) is 9.13 Å². The van der Waals surface area contributed by atoms with Gasteiger partial charge in [0.1, 0.15) is 24.9 Å². The number of hydrogen-bond donors (Lipinski definition) is 0. The van der Waals surface area contributed by atoms with Crippen LogP contribution in [0.4, 0.5) is 0 Å². The molecular weight excluding hydrogens is 773 g/mol. The molecule has 8 nitrogen and oxygen atoms in total. The molecule has 7 aromatic carbocycles. The Morgan fingerprint density at radius 2 is 1.10 bits per heavy atom. The molecule has 0 spiro atoms. The third kappa shape index (κ3) is 5.18. The van der Waals surface area contributed by atoms with Crippen LogP contribution in [0, 0.1) is 0 Å². The molecule has 0 radical (unpaired) electrons. The highest BCUT2D eigenvalue weighted by Gasteiger charge is 2.28. The minimum atomic E-state index is -0.241. The first-order valence-electron chi connectivity index (χ1n) is 21.8. The highest BCUT2D eigenvalue weighted by atomic mass is 15.4. The van der Waals surface area contributed by atoms with Crippen molar-refractivity contribution in [3.05, 3.63) is 175 Å². The Balaban J connectivity index is 1.06. The maximum atomic E-state index is 5.66. The maximum Gasteiger partial charge on any atom is 0.207 e. The van der Waals surface area contributed by atoms with Crippen molar-refractivity contribution < 1.29 is 0 Å². The fourth-order valence-corrected chi connectivity index (χ4v) is 10.5. The van der Waals surface area contributed by atoms with Crippen molar-refractivity contribution in [2.45, 2.75) is 25.9 Å². The summed E-state index contributed by atoms with van der Waals surface area (Å²) in [6.07, 6.45) is 8.09. The van der Waals surface area contributed by atoms with Crippen molar-refractivity contribution in [1.82, 2.24) is 23.2 Å². The van der Waals surface area contributed by atoms with E-state index in [4.69, 9.17) is 15.0 Å². The van der Waals surface area contributed by atoms with Crippen LogP contribution in [0.15, 0.2) is 179 Å². The van der Waals surface area contributed by atoms with Crippen molar-refractivity contribution in [3.63, 3.8) is 0 Å². The molecule has 0 N–H and O–H groups in total. The van der Waals surface area contributed by atoms with E-state index in [0.29, 0.717) is 6.54 Å². The number of allylic oxidation sites excluding steroid dienone is 1. The van der Waals surface area contributed by atoms with Gasteiger partial charge in [0.25, 0.3) is 0 Å². The second kappa shape index (κ2) is 13.8. The van der Waals surface area contributed by atoms with Gasteiger partial charge in [-0.15, -0.1) is 0 Å². The van der Waals surface area contributed by atoms with E-state index in [2.05, 4.69) is 207 Å². The summed E-state index contributed by atoms with van der Waals surface area (Å²) in [5.74, 6) is 1.63. The normalized spacial score (nSPS) is 15.8. The van der Waals surface area contributed by atoms with Crippen molar-refractivity contribution in [1.29, 1.82) is 0 Å². The standard InChI is InChI=1S/C55H42N8/c1-35-57-34-58-52(62-46-26-14-11-23-40(46)44-31-50-43(32-51(44)62)39-22-10-13-25-45(39)61(50)37-19-7-4-8-20-37)33-56-55(59(35)2)63-47-27-15-9-21-38(47)41-29-30-49-53(54(41)63)42-24-12-16-28-48(42)60(49)36-17-5-3-6-18-36/h3-11,13-23,25-32,34-35H,12,24,33H2,1-2H3. The minimum Gasteiger partial charge on any atom is -0.323 e. The molecule has 1 atom stereocenters. The summed E-state index contributed by atoms with van der Waals surface area (Å²) < 4.78 is 9.54. The van der Waals surface area contributed by atoms with E-state index in [-0.39, 0.29) is 6.17 Å². The number of aromatic nitrogens is 4. The molecule has 4 aromatic heterocycles. The topological polar surface area (TPSA) is 60.0 Å². The molecule has 2 aliphatic rings. The van der Waals surface area contributed by atoms with Gasteiger partial charge in [-0.25, -0.2) is 15.0 Å². The van der Waals surface area contributed by atoms with Crippen LogP contribution >= 0.6 is 0 Å². The van der Waals surface area contributed by atoms with E-state index in [9.17, 15) is 0 Å². The molecule has 0 saturated carbocycles. The summed E-state index contributed by atoms with van der Waals surface area (Å²) in [7, 11) is 2.11. The number of aryl methyl sites for hydroxylation is 1. The first-order chi connectivity index (χ1) is 31.1. The molecule has 1 aliphatic heterocycles. The van der Waals surface area contributed by atoms with Crippen molar-refractivity contribution in [3.8, 4) is 11.4 Å². The number of benzene rings is 7. The number of fused-ring (bicyclic) bond motifs is 13. The third-order valence-electron chi connectivity index (χ3n) is 13.4. The quantitative estimate of drug-likeness (QED) is 0.171. The lowest BCUT2D eigenvalue weighted by atomic mass is 9.99. The summed E-state index contributed by atoms with van der Waals surface area (Å²) in [5, 5.41) is 8.41. The van der Waals surface area contributed by atoms with Gasteiger partial charge >= 0.3 is 0 Å². The Bertz CT molecular complexity index is 3800. The van der Waals surface area contributed by atoms with Gasteiger partial charge in [0, 0.05) is 61.8 Å². The van der Waals surface area contributed by atoms with Crippen LogP contribution in [-0.4, -0.2) is 61.1 Å². The largest absolute Gasteiger partial charge is 0.323 e. The lowest BCUT2D eigenvalue weighted by Gasteiger charge is -2.26. The molecule has 0 fully saturated rings. The predicted molar refractivity (Wildman–Crippen MR) is 264 cm³/mol. The summed E-state index contributed by atoms with van der Waals surface area (Å²) >= 11 is 0. The summed E-state index contributed by atoms with van der Waals surface area (Å²) in [6, 6.07) is 56.9. The van der Waals surface area contributed by atoms with Gasteiger partial charge in [-0.05, 0) is 92.1 Å². The Labute approximate surface area is 363 Å². The maximum absolute atomic E-state index is 5.66. The fourth-order valence-electron chi connectivity index (χ4n) is 10.5. The van der Waals surface area contributed by atoms with Crippen LogP contribution in [0.1, 0.15) is 24.6 Å². The van der Waals surface area contributed by atoms with Gasteiger partial charge in [0.05, 0.1) is 38.6 Å². The molecule has 13 rings (SSSR count). The Morgan fingerprint density at radius 3 is 1.78 bits per heavy atom. The zero-order valence-electron chi connectivity index (χ0n) is 35.0. The second-order valence-corrected chi connectivity index (χ2v) is 16.8. The lowest BCUT2D eigenvalue weighted by molar-refractivity contribution is 0.394. The number of para-hydroxylation sites is 5. The molecule has 302 valence electrons. The highest BCUT2D eigenvalue weighted by Crippen LogP contribution is 2.43. The van der Waals surface area contributed by atoms with Gasteiger partial charge < -0.3 is 14.0 Å². The van der Waals surface area contributed by atoms with Gasteiger partial charge in [-0.1, -0.05) is 103 Å². The van der Waals surface area contributed by atoms with Crippen molar-refractivity contribution in [2.24, 2.45) is 15.0 Å². The third-order valence-corrected chi connectivity index (χ3v) is 13.4. The molecule has 0 amide bonds. The molecular formula is C55H42N8. The van der Waals surface area contributed by atoms with E-state index < -0.39 is 0 Å². The lowest BCUT2D eigenvalue weighted by Crippen LogP contribution is -2.38. The van der Waals surface area contributed by atoms with Crippen LogP contribution < -0.4 is 0 Å². The Kier molecular flexibility index (Phi) is 7.82. The Hall–Kier alpha value is -7.97. The number of nitrogens with zero attached hydrogens (tertiary/aromatic N) is 8. The van der Waals surface area contributed by atoms with Crippen LogP contribution in [-0.2, 0) is 6.42 Å². The molecule has 5 heterocycles. The van der Waals surface area contributed by atoms with E-state index in [1.165, 1.54) is 71.0 Å². The smallest absolute Gasteiger partial charge is 0.207 e. The predicted octanol–water partition coefficient (Wildman–Crippen LogP) is 12.4. The van der Waals surface area contributed by atoms with Gasteiger partial charge in [-0.2, -0.15) is 0 Å². The number of aliphatic imine (C=N–C) groups is 3. The van der Waals surface area contributed by atoms with Gasteiger partial charge in [0.15, 0.2) is 0 Å². The summed E-state index contributed by atoms with van der Waals surface area (Å²) in [5.41, 5.74) is 12.9. The average Bonchev–Trinajstić information content (AvgIpc) is 4.06. The zero-order chi connectivity index (χ0) is 41.8. The SMILES string of the molecule is CC1N=CN=C(n2c3ccccc3c3cc4c(cc32)c2ccccc2n4-c2ccccc2)CN=C(n2c3ccccc3c3ccc4c(c5c(n4-c4ccccc4)C=CCC5)c32)N1C. The van der Waals surface area contributed by atoms with E-state index in [1.54, 1.807) is 6.34 Å². The van der Waals surface area contributed by atoms with Crippen molar-refractivity contribution >= 4 is 101 Å². The molecule has 0 saturated heterocycles. The molecule has 11 aromatic rings.